The van der Waals surface area contributed by atoms with E-state index in [1.807, 2.05) is 24.3 Å². The van der Waals surface area contributed by atoms with Gasteiger partial charge in [0.15, 0.2) is 0 Å². The van der Waals surface area contributed by atoms with E-state index >= 15 is 0 Å². The zero-order valence-electron chi connectivity index (χ0n) is 13.2. The molecule has 0 unspecified atom stereocenters. The summed E-state index contributed by atoms with van der Waals surface area (Å²) >= 11 is 0. The van der Waals surface area contributed by atoms with E-state index in [9.17, 15) is 4.79 Å². The van der Waals surface area contributed by atoms with Crippen LogP contribution in [0.3, 0.4) is 0 Å². The lowest BCUT2D eigenvalue weighted by Gasteiger charge is -2.07. The number of aromatic nitrogens is 3. The Balaban J connectivity index is 1.65. The minimum Gasteiger partial charge on any atom is -0.364 e. The molecule has 3 rings (SSSR count). The van der Waals surface area contributed by atoms with E-state index in [-0.39, 0.29) is 11.6 Å². The number of nitrogens with zero attached hydrogens (tertiary/aromatic N) is 4. The van der Waals surface area contributed by atoms with Gasteiger partial charge in [-0.05, 0) is 36.4 Å². The smallest absolute Gasteiger partial charge is 0.274 e. The first-order valence-corrected chi connectivity index (χ1v) is 7.52. The number of benzene rings is 1. The van der Waals surface area contributed by atoms with Gasteiger partial charge in [-0.15, -0.1) is 0 Å². The molecule has 7 heteroatoms. The topological polar surface area (TPSA) is 104 Å². The highest BCUT2D eigenvalue weighted by atomic mass is 16.1. The first-order valence-electron chi connectivity index (χ1n) is 7.52. The maximum atomic E-state index is 12.3. The van der Waals surface area contributed by atoms with Crippen molar-refractivity contribution in [3.8, 4) is 6.07 Å². The number of amides is 1. The van der Waals surface area contributed by atoms with Gasteiger partial charge in [0.25, 0.3) is 5.91 Å². The summed E-state index contributed by atoms with van der Waals surface area (Å²) in [5.41, 5.74) is 2.22. The number of anilines is 2. The lowest BCUT2D eigenvalue weighted by Crippen LogP contribution is -2.14. The Morgan fingerprint density at radius 1 is 1.08 bits per heavy atom. The van der Waals surface area contributed by atoms with Crippen molar-refractivity contribution in [1.82, 2.24) is 15.0 Å². The van der Waals surface area contributed by atoms with Crippen molar-refractivity contribution < 1.29 is 4.79 Å². The quantitative estimate of drug-likeness (QED) is 0.745. The molecule has 0 aliphatic carbocycles. The molecule has 1 aromatic carbocycles. The molecular weight excluding hydrogens is 316 g/mol. The number of carbonyl (C=O) groups excluding carboxylic acids is 1. The number of pyridine rings is 1. The first-order chi connectivity index (χ1) is 12.2. The molecule has 0 saturated heterocycles. The summed E-state index contributed by atoms with van der Waals surface area (Å²) in [6, 6.07) is 15.8. The molecule has 0 spiro atoms. The van der Waals surface area contributed by atoms with E-state index in [0.29, 0.717) is 23.6 Å². The van der Waals surface area contributed by atoms with Gasteiger partial charge in [-0.25, -0.2) is 9.97 Å². The third-order valence-corrected chi connectivity index (χ3v) is 3.35. The highest BCUT2D eigenvalue weighted by molar-refractivity contribution is 6.03. The highest BCUT2D eigenvalue weighted by Crippen LogP contribution is 2.12. The molecule has 7 nitrogen and oxygen atoms in total. The van der Waals surface area contributed by atoms with Gasteiger partial charge < -0.3 is 10.6 Å². The molecule has 0 radical (unpaired) electrons. The van der Waals surface area contributed by atoms with Crippen LogP contribution in [0.15, 0.2) is 61.1 Å². The normalized spacial score (nSPS) is 9.88. The van der Waals surface area contributed by atoms with Crippen LogP contribution in [0.25, 0.3) is 0 Å². The summed E-state index contributed by atoms with van der Waals surface area (Å²) in [4.78, 5) is 24.6. The Labute approximate surface area is 144 Å². The Morgan fingerprint density at radius 2 is 1.92 bits per heavy atom. The van der Waals surface area contributed by atoms with Crippen LogP contribution in [-0.2, 0) is 6.54 Å². The standard InChI is InChI=1S/C18H14N6O/c19-10-13-4-6-14(7-5-13)24-18(25)16-9-17(23-12-22-16)21-11-15-3-1-2-8-20-15/h1-9,12H,11H2,(H,24,25)(H,21,22,23). The molecule has 2 heterocycles. The van der Waals surface area contributed by atoms with Crippen molar-refractivity contribution in [2.24, 2.45) is 0 Å². The minimum absolute atomic E-state index is 0.239. The SMILES string of the molecule is N#Cc1ccc(NC(=O)c2cc(NCc3ccccn3)ncn2)cc1. The molecule has 2 N–H and O–H groups in total. The lowest BCUT2D eigenvalue weighted by atomic mass is 10.2. The molecule has 0 aliphatic rings. The molecule has 0 fully saturated rings. The fourth-order valence-electron chi connectivity index (χ4n) is 2.09. The molecule has 25 heavy (non-hydrogen) atoms. The predicted octanol–water partition coefficient (Wildman–Crippen LogP) is 2.61. The van der Waals surface area contributed by atoms with Crippen molar-refractivity contribution in [2.75, 3.05) is 10.6 Å². The van der Waals surface area contributed by atoms with Gasteiger partial charge >= 0.3 is 0 Å². The number of hydrogen-bond acceptors (Lipinski definition) is 6. The van der Waals surface area contributed by atoms with Crippen molar-refractivity contribution in [1.29, 1.82) is 5.26 Å². The van der Waals surface area contributed by atoms with E-state index in [2.05, 4.69) is 25.6 Å². The summed E-state index contributed by atoms with van der Waals surface area (Å²) in [6.45, 7) is 0.495. The molecule has 122 valence electrons. The molecule has 0 atom stereocenters. The molecule has 3 aromatic rings. The fourth-order valence-corrected chi connectivity index (χ4v) is 2.09. The van der Waals surface area contributed by atoms with Crippen molar-refractivity contribution in [3.05, 3.63) is 78.0 Å². The van der Waals surface area contributed by atoms with Crippen LogP contribution in [0.2, 0.25) is 0 Å². The summed E-state index contributed by atoms with van der Waals surface area (Å²) in [5, 5.41) is 14.6. The average molecular weight is 330 g/mol. The highest BCUT2D eigenvalue weighted by Gasteiger charge is 2.09. The Bertz CT molecular complexity index is 903. The van der Waals surface area contributed by atoms with E-state index in [1.54, 1.807) is 36.5 Å². The Morgan fingerprint density at radius 3 is 2.64 bits per heavy atom. The van der Waals surface area contributed by atoms with Crippen molar-refractivity contribution in [2.45, 2.75) is 6.54 Å². The van der Waals surface area contributed by atoms with Gasteiger partial charge in [-0.3, -0.25) is 9.78 Å². The van der Waals surface area contributed by atoms with Gasteiger partial charge in [0.2, 0.25) is 0 Å². The van der Waals surface area contributed by atoms with E-state index in [1.165, 1.54) is 6.33 Å². The van der Waals surface area contributed by atoms with Crippen LogP contribution >= 0.6 is 0 Å². The number of nitrogens with one attached hydrogen (secondary N) is 2. The summed E-state index contributed by atoms with van der Waals surface area (Å²) in [6.07, 6.45) is 3.04. The van der Waals surface area contributed by atoms with E-state index in [0.717, 1.165) is 5.69 Å². The van der Waals surface area contributed by atoms with Gasteiger partial charge in [0.05, 0.1) is 23.9 Å². The maximum Gasteiger partial charge on any atom is 0.274 e. The van der Waals surface area contributed by atoms with Crippen LogP contribution < -0.4 is 10.6 Å². The van der Waals surface area contributed by atoms with Gasteiger partial charge in [-0.2, -0.15) is 5.26 Å². The summed E-state index contributed by atoms with van der Waals surface area (Å²) < 4.78 is 0. The summed E-state index contributed by atoms with van der Waals surface area (Å²) in [5.74, 6) is 0.179. The Hall–Kier alpha value is -3.79. The third-order valence-electron chi connectivity index (χ3n) is 3.35. The fraction of sp³-hybridized carbons (Fsp3) is 0.0556. The molecule has 0 saturated carbocycles. The molecule has 1 amide bonds. The van der Waals surface area contributed by atoms with E-state index in [4.69, 9.17) is 5.26 Å². The number of rotatable bonds is 5. The second kappa shape index (κ2) is 7.66. The predicted molar refractivity (Wildman–Crippen MR) is 92.7 cm³/mol. The van der Waals surface area contributed by atoms with Crippen LogP contribution in [0, 0.1) is 11.3 Å². The lowest BCUT2D eigenvalue weighted by molar-refractivity contribution is 0.102. The molecule has 2 aromatic heterocycles. The first kappa shape index (κ1) is 16.1. The van der Waals surface area contributed by atoms with Crippen LogP contribution in [0.5, 0.6) is 0 Å². The van der Waals surface area contributed by atoms with Gasteiger partial charge in [0.1, 0.15) is 17.8 Å². The number of hydrogen-bond donors (Lipinski definition) is 2. The summed E-state index contributed by atoms with van der Waals surface area (Å²) in [7, 11) is 0. The van der Waals surface area contributed by atoms with Crippen molar-refractivity contribution in [3.63, 3.8) is 0 Å². The van der Waals surface area contributed by atoms with Gasteiger partial charge in [0, 0.05) is 18.0 Å². The third kappa shape index (κ3) is 4.36. The van der Waals surface area contributed by atoms with Crippen LogP contribution in [0.1, 0.15) is 21.7 Å². The number of carbonyl (C=O) groups is 1. The molecular formula is C18H14N6O. The minimum atomic E-state index is -0.354. The number of nitriles is 1. The molecule has 0 aliphatic heterocycles. The molecule has 0 bridgehead atoms. The average Bonchev–Trinajstić information content (AvgIpc) is 2.68. The monoisotopic (exact) mass is 330 g/mol. The van der Waals surface area contributed by atoms with Crippen LogP contribution in [-0.4, -0.2) is 20.9 Å². The van der Waals surface area contributed by atoms with Crippen molar-refractivity contribution >= 4 is 17.4 Å². The second-order valence-corrected chi connectivity index (χ2v) is 5.11. The second-order valence-electron chi connectivity index (χ2n) is 5.11. The Kier molecular flexibility index (Phi) is 4.93. The van der Waals surface area contributed by atoms with Crippen LogP contribution in [0.4, 0.5) is 11.5 Å². The largest absolute Gasteiger partial charge is 0.364 e. The van der Waals surface area contributed by atoms with Gasteiger partial charge in [-0.1, -0.05) is 6.07 Å². The zero-order chi connectivity index (χ0) is 17.5. The zero-order valence-corrected chi connectivity index (χ0v) is 13.2. The van der Waals surface area contributed by atoms with E-state index < -0.39 is 0 Å². The maximum absolute atomic E-state index is 12.3.